The van der Waals surface area contributed by atoms with Crippen LogP contribution in [0.25, 0.3) is 0 Å². The molecule has 2 aromatic rings. The van der Waals surface area contributed by atoms with Gasteiger partial charge in [0.05, 0.1) is 6.33 Å². The molecule has 1 saturated carbocycles. The number of hydrogen-bond donors (Lipinski definition) is 0. The van der Waals surface area contributed by atoms with Crippen molar-refractivity contribution in [2.75, 3.05) is 26.2 Å². The van der Waals surface area contributed by atoms with Crippen LogP contribution < -0.4 is 4.74 Å². The highest BCUT2D eigenvalue weighted by atomic mass is 19.4. The maximum atomic E-state index is 13.3. The average Bonchev–Trinajstić information content (AvgIpc) is 3.10. The zero-order valence-corrected chi connectivity index (χ0v) is 20.0. The fourth-order valence-corrected chi connectivity index (χ4v) is 5.29. The number of benzene rings is 1. The number of rotatable bonds is 10. The van der Waals surface area contributed by atoms with E-state index in [4.69, 9.17) is 0 Å². The van der Waals surface area contributed by atoms with Crippen molar-refractivity contribution in [2.45, 2.75) is 39.6 Å². The number of fused-ring (bicyclic) bond motifs is 1. The van der Waals surface area contributed by atoms with E-state index in [1.165, 1.54) is 31.0 Å². The Bertz CT molecular complexity index is 977. The summed E-state index contributed by atoms with van der Waals surface area (Å²) in [6.45, 7) is 8.52. The third-order valence-corrected chi connectivity index (χ3v) is 7.27. The van der Waals surface area contributed by atoms with Crippen molar-refractivity contribution in [3.8, 4) is 5.75 Å². The molecule has 0 N–H and O–H groups in total. The SMILES string of the molecule is CCC(CC)CN1CC2C(C1)C2CN(Cc1cccc(OC(F)(F)F)c1)C(=O)c1cn(C)cn1. The van der Waals surface area contributed by atoms with Crippen LogP contribution in [0.3, 0.4) is 0 Å². The molecule has 34 heavy (non-hydrogen) atoms. The van der Waals surface area contributed by atoms with E-state index >= 15 is 0 Å². The van der Waals surface area contributed by atoms with Gasteiger partial charge in [-0.3, -0.25) is 4.79 Å². The maximum absolute atomic E-state index is 13.3. The van der Waals surface area contributed by atoms with Gasteiger partial charge in [-0.2, -0.15) is 0 Å². The first-order chi connectivity index (χ1) is 16.2. The number of nitrogens with zero attached hydrogens (tertiary/aromatic N) is 4. The zero-order chi connectivity index (χ0) is 24.5. The summed E-state index contributed by atoms with van der Waals surface area (Å²) < 4.78 is 43.7. The van der Waals surface area contributed by atoms with Crippen LogP contribution in [-0.2, 0) is 13.6 Å². The van der Waals surface area contributed by atoms with Gasteiger partial charge in [-0.15, -0.1) is 13.2 Å². The molecular formula is C25H33F3N4O2. The molecule has 6 nitrogen and oxygen atoms in total. The summed E-state index contributed by atoms with van der Waals surface area (Å²) in [6.07, 6.45) is 0.868. The lowest BCUT2D eigenvalue weighted by atomic mass is 10.0. The first-order valence-electron chi connectivity index (χ1n) is 12.0. The number of ether oxygens (including phenoxy) is 1. The van der Waals surface area contributed by atoms with Crippen LogP contribution >= 0.6 is 0 Å². The molecule has 0 radical (unpaired) electrons. The van der Waals surface area contributed by atoms with Crippen molar-refractivity contribution in [1.82, 2.24) is 19.4 Å². The molecule has 2 unspecified atom stereocenters. The van der Waals surface area contributed by atoms with Gasteiger partial charge in [0, 0.05) is 46.0 Å². The van der Waals surface area contributed by atoms with Crippen LogP contribution in [-0.4, -0.2) is 57.8 Å². The Hall–Kier alpha value is -2.55. The highest BCUT2D eigenvalue weighted by Crippen LogP contribution is 2.52. The molecule has 2 aliphatic rings. The van der Waals surface area contributed by atoms with Crippen molar-refractivity contribution in [1.29, 1.82) is 0 Å². The molecule has 1 saturated heterocycles. The summed E-state index contributed by atoms with van der Waals surface area (Å²) >= 11 is 0. The minimum absolute atomic E-state index is 0.206. The quantitative estimate of drug-likeness (QED) is 0.502. The van der Waals surface area contributed by atoms with E-state index in [2.05, 4.69) is 28.5 Å². The molecule has 0 spiro atoms. The first-order valence-corrected chi connectivity index (χ1v) is 12.0. The number of amides is 1. The third-order valence-electron chi connectivity index (χ3n) is 7.27. The molecule has 2 heterocycles. The number of piperidine rings is 1. The Morgan fingerprint density at radius 3 is 2.53 bits per heavy atom. The minimum Gasteiger partial charge on any atom is -0.406 e. The molecule has 2 atom stereocenters. The van der Waals surface area contributed by atoms with Crippen molar-refractivity contribution < 1.29 is 22.7 Å². The molecule has 9 heteroatoms. The largest absolute Gasteiger partial charge is 0.573 e. The number of carbonyl (C=O) groups is 1. The third kappa shape index (κ3) is 5.92. The summed E-state index contributed by atoms with van der Waals surface area (Å²) in [7, 11) is 1.80. The number of imidazole rings is 1. The van der Waals surface area contributed by atoms with Gasteiger partial charge in [0.15, 0.2) is 0 Å². The van der Waals surface area contributed by atoms with Gasteiger partial charge in [0.2, 0.25) is 0 Å². The average molecular weight is 479 g/mol. The van der Waals surface area contributed by atoms with Crippen LogP contribution in [0.15, 0.2) is 36.8 Å². The standard InChI is InChI=1S/C25H33F3N4O2/c1-4-17(5-2)10-31-12-20-21(13-31)22(20)14-32(24(33)23-15-30(3)16-29-23)11-18-7-6-8-19(9-18)34-25(26,27)28/h6-9,15-17,20-22H,4-5,10-14H2,1-3H3. The Kier molecular flexibility index (Phi) is 7.21. The number of carbonyl (C=O) groups excluding carboxylic acids is 1. The summed E-state index contributed by atoms with van der Waals surface area (Å²) in [4.78, 5) is 21.7. The number of alkyl halides is 3. The van der Waals surface area contributed by atoms with E-state index in [-0.39, 0.29) is 18.2 Å². The fraction of sp³-hybridized carbons (Fsp3) is 0.600. The van der Waals surface area contributed by atoms with Gasteiger partial charge in [-0.25, -0.2) is 4.98 Å². The van der Waals surface area contributed by atoms with Crippen molar-refractivity contribution in [3.63, 3.8) is 0 Å². The number of aryl methyl sites for hydroxylation is 1. The first kappa shape index (κ1) is 24.6. The molecule has 0 bridgehead atoms. The van der Waals surface area contributed by atoms with Crippen LogP contribution in [0.2, 0.25) is 0 Å². The molecule has 2 fully saturated rings. The number of likely N-dealkylation sites (tertiary alicyclic amines) is 1. The van der Waals surface area contributed by atoms with E-state index in [1.54, 1.807) is 35.1 Å². The normalized spacial score (nSPS) is 22.1. The van der Waals surface area contributed by atoms with Gasteiger partial charge in [-0.1, -0.05) is 38.8 Å². The van der Waals surface area contributed by atoms with E-state index in [0.717, 1.165) is 25.6 Å². The summed E-state index contributed by atoms with van der Waals surface area (Å²) in [5, 5.41) is 0. The lowest BCUT2D eigenvalue weighted by molar-refractivity contribution is -0.274. The van der Waals surface area contributed by atoms with E-state index in [0.29, 0.717) is 35.6 Å². The number of halogens is 3. The number of hydrogen-bond acceptors (Lipinski definition) is 4. The lowest BCUT2D eigenvalue weighted by Crippen LogP contribution is -2.36. The molecule has 1 aromatic heterocycles. The Morgan fingerprint density at radius 1 is 1.24 bits per heavy atom. The topological polar surface area (TPSA) is 50.6 Å². The lowest BCUT2D eigenvalue weighted by Gasteiger charge is -2.27. The molecule has 1 aliphatic heterocycles. The van der Waals surface area contributed by atoms with E-state index in [1.807, 2.05) is 0 Å². The zero-order valence-electron chi connectivity index (χ0n) is 20.0. The molecule has 1 amide bonds. The highest BCUT2D eigenvalue weighted by Gasteiger charge is 2.56. The van der Waals surface area contributed by atoms with Gasteiger partial charge >= 0.3 is 6.36 Å². The Labute approximate surface area is 198 Å². The van der Waals surface area contributed by atoms with Gasteiger partial charge in [0.1, 0.15) is 11.4 Å². The smallest absolute Gasteiger partial charge is 0.406 e. The second-order valence-corrected chi connectivity index (χ2v) is 9.70. The van der Waals surface area contributed by atoms with Gasteiger partial charge < -0.3 is 19.1 Å². The van der Waals surface area contributed by atoms with Crippen LogP contribution in [0.5, 0.6) is 5.75 Å². The van der Waals surface area contributed by atoms with Crippen LogP contribution in [0.4, 0.5) is 13.2 Å². The molecule has 1 aliphatic carbocycles. The fourth-order valence-electron chi connectivity index (χ4n) is 5.29. The predicted octanol–water partition coefficient (Wildman–Crippen LogP) is 4.58. The molecule has 1 aromatic carbocycles. The predicted molar refractivity (Wildman–Crippen MR) is 122 cm³/mol. The number of aromatic nitrogens is 2. The van der Waals surface area contributed by atoms with E-state index in [9.17, 15) is 18.0 Å². The summed E-state index contributed by atoms with van der Waals surface area (Å²) in [5.74, 6) is 1.81. The Balaban J connectivity index is 1.43. The highest BCUT2D eigenvalue weighted by molar-refractivity contribution is 5.92. The molecule has 4 rings (SSSR count). The van der Waals surface area contributed by atoms with Crippen LogP contribution in [0.1, 0.15) is 42.7 Å². The molecule has 186 valence electrons. The van der Waals surface area contributed by atoms with Crippen molar-refractivity contribution in [2.24, 2.45) is 30.7 Å². The minimum atomic E-state index is -4.76. The van der Waals surface area contributed by atoms with Crippen LogP contribution in [0, 0.1) is 23.7 Å². The summed E-state index contributed by atoms with van der Waals surface area (Å²) in [5.41, 5.74) is 0.929. The Morgan fingerprint density at radius 2 is 1.94 bits per heavy atom. The molecular weight excluding hydrogens is 445 g/mol. The van der Waals surface area contributed by atoms with Gasteiger partial charge in [0.25, 0.3) is 5.91 Å². The summed E-state index contributed by atoms with van der Waals surface area (Å²) in [6, 6.07) is 5.84. The maximum Gasteiger partial charge on any atom is 0.573 e. The van der Waals surface area contributed by atoms with Crippen molar-refractivity contribution in [3.05, 3.63) is 48.0 Å². The monoisotopic (exact) mass is 478 g/mol. The second-order valence-electron chi connectivity index (χ2n) is 9.70. The van der Waals surface area contributed by atoms with Gasteiger partial charge in [-0.05, 0) is 41.4 Å². The second kappa shape index (κ2) is 9.98. The van der Waals surface area contributed by atoms with E-state index < -0.39 is 6.36 Å². The van der Waals surface area contributed by atoms with Crippen molar-refractivity contribution >= 4 is 5.91 Å².